The van der Waals surface area contributed by atoms with E-state index in [1.165, 1.54) is 6.42 Å². The number of hydrogen-bond donors (Lipinski definition) is 2. The Kier molecular flexibility index (Phi) is 13.4. The molecular weight excluding hydrogens is 376 g/mol. The zero-order valence-electron chi connectivity index (χ0n) is 17.8. The maximum absolute atomic E-state index is 12.1. The Labute approximate surface area is 174 Å². The molecule has 1 aliphatic rings. The molecule has 1 saturated heterocycles. The number of carboxylic acid groups (broad SMARTS) is 2. The minimum Gasteiger partial charge on any atom is -0.481 e. The molecule has 0 aromatic heterocycles. The van der Waals surface area contributed by atoms with E-state index in [0.717, 1.165) is 83.5 Å². The second-order valence-electron chi connectivity index (χ2n) is 7.98. The van der Waals surface area contributed by atoms with Gasteiger partial charge in [-0.2, -0.15) is 0 Å². The van der Waals surface area contributed by atoms with Crippen molar-refractivity contribution in [1.82, 2.24) is 0 Å². The fourth-order valence-corrected chi connectivity index (χ4v) is 3.48. The first-order valence-electron chi connectivity index (χ1n) is 11.3. The zero-order chi connectivity index (χ0) is 21.5. The van der Waals surface area contributed by atoms with Gasteiger partial charge in [-0.15, -0.1) is 0 Å². The summed E-state index contributed by atoms with van der Waals surface area (Å²) in [5.74, 6) is -2.38. The van der Waals surface area contributed by atoms with Gasteiger partial charge >= 0.3 is 17.9 Å². The number of carbonyl (C=O) groups excluding carboxylic acids is 1. The van der Waals surface area contributed by atoms with Gasteiger partial charge in [0, 0.05) is 6.42 Å². The SMILES string of the molecule is CCCCCCC(CCCCCCCCCCC(=O)O)OC(=O)C1OC1C(=O)O. The molecule has 3 unspecified atom stereocenters. The van der Waals surface area contributed by atoms with Crippen LogP contribution in [-0.4, -0.2) is 46.4 Å². The second-order valence-corrected chi connectivity index (χ2v) is 7.98. The Morgan fingerprint density at radius 2 is 1.31 bits per heavy atom. The number of epoxide rings is 1. The summed E-state index contributed by atoms with van der Waals surface area (Å²) in [5.41, 5.74) is 0. The van der Waals surface area contributed by atoms with Crippen molar-refractivity contribution in [3.63, 3.8) is 0 Å². The summed E-state index contributed by atoms with van der Waals surface area (Å²) in [6.07, 6.45) is 12.5. The Hall–Kier alpha value is -1.63. The largest absolute Gasteiger partial charge is 0.481 e. The van der Waals surface area contributed by atoms with Gasteiger partial charge in [-0.1, -0.05) is 64.7 Å². The standard InChI is InChI=1S/C22H38O7/c1-2-3-4-11-14-17(28-22(27)20-19(29-20)21(25)26)15-12-9-7-5-6-8-10-13-16-18(23)24/h17,19-20H,2-16H2,1H3,(H,23,24)(H,25,26). The van der Waals surface area contributed by atoms with Gasteiger partial charge in [0.25, 0.3) is 0 Å². The van der Waals surface area contributed by atoms with Crippen molar-refractivity contribution in [2.75, 3.05) is 0 Å². The summed E-state index contributed by atoms with van der Waals surface area (Å²) < 4.78 is 10.4. The maximum Gasteiger partial charge on any atom is 0.338 e. The molecule has 0 saturated carbocycles. The average Bonchev–Trinajstić information content (AvgIpc) is 3.47. The molecule has 0 aromatic rings. The first-order valence-corrected chi connectivity index (χ1v) is 11.3. The highest BCUT2D eigenvalue weighted by atomic mass is 16.7. The Bertz CT molecular complexity index is 492. The number of aliphatic carboxylic acids is 2. The Balaban J connectivity index is 2.16. The third-order valence-electron chi connectivity index (χ3n) is 5.30. The molecule has 168 valence electrons. The lowest BCUT2D eigenvalue weighted by atomic mass is 10.0. The number of rotatable bonds is 19. The monoisotopic (exact) mass is 414 g/mol. The lowest BCUT2D eigenvalue weighted by Crippen LogP contribution is -2.24. The molecular formula is C22H38O7. The molecule has 7 nitrogen and oxygen atoms in total. The smallest absolute Gasteiger partial charge is 0.338 e. The van der Waals surface area contributed by atoms with Crippen molar-refractivity contribution in [2.24, 2.45) is 0 Å². The zero-order valence-corrected chi connectivity index (χ0v) is 17.8. The summed E-state index contributed by atoms with van der Waals surface area (Å²) in [5, 5.41) is 17.5. The number of ether oxygens (including phenoxy) is 2. The highest BCUT2D eigenvalue weighted by Crippen LogP contribution is 2.26. The van der Waals surface area contributed by atoms with Crippen LogP contribution < -0.4 is 0 Å². The summed E-state index contributed by atoms with van der Waals surface area (Å²) in [7, 11) is 0. The lowest BCUT2D eigenvalue weighted by molar-refractivity contribution is -0.151. The second kappa shape index (κ2) is 15.2. The molecule has 7 heteroatoms. The van der Waals surface area contributed by atoms with E-state index in [4.69, 9.17) is 19.7 Å². The van der Waals surface area contributed by atoms with Crippen LogP contribution in [0.15, 0.2) is 0 Å². The van der Waals surface area contributed by atoms with E-state index >= 15 is 0 Å². The quantitative estimate of drug-likeness (QED) is 0.179. The van der Waals surface area contributed by atoms with E-state index in [1.807, 2.05) is 0 Å². The van der Waals surface area contributed by atoms with Gasteiger partial charge < -0.3 is 19.7 Å². The molecule has 1 aliphatic heterocycles. The Morgan fingerprint density at radius 3 is 1.79 bits per heavy atom. The van der Waals surface area contributed by atoms with Crippen LogP contribution >= 0.6 is 0 Å². The molecule has 1 heterocycles. The highest BCUT2D eigenvalue weighted by molar-refractivity contribution is 5.89. The molecule has 1 fully saturated rings. The molecule has 0 aromatic carbocycles. The van der Waals surface area contributed by atoms with Crippen molar-refractivity contribution in [1.29, 1.82) is 0 Å². The number of carbonyl (C=O) groups is 3. The van der Waals surface area contributed by atoms with Crippen molar-refractivity contribution < 1.29 is 34.1 Å². The average molecular weight is 415 g/mol. The van der Waals surface area contributed by atoms with Crippen LogP contribution in [-0.2, 0) is 23.9 Å². The van der Waals surface area contributed by atoms with Gasteiger partial charge in [0.2, 0.25) is 0 Å². The minimum atomic E-state index is -1.12. The number of unbranched alkanes of at least 4 members (excludes halogenated alkanes) is 10. The van der Waals surface area contributed by atoms with E-state index < -0.39 is 30.1 Å². The van der Waals surface area contributed by atoms with Crippen molar-refractivity contribution in [3.05, 3.63) is 0 Å². The predicted molar refractivity (Wildman–Crippen MR) is 109 cm³/mol. The third kappa shape index (κ3) is 12.5. The fraction of sp³-hybridized carbons (Fsp3) is 0.864. The van der Waals surface area contributed by atoms with Crippen molar-refractivity contribution in [3.8, 4) is 0 Å². The number of carboxylic acids is 2. The highest BCUT2D eigenvalue weighted by Gasteiger charge is 2.52. The van der Waals surface area contributed by atoms with Gasteiger partial charge in [-0.05, 0) is 32.1 Å². The van der Waals surface area contributed by atoms with E-state index in [0.29, 0.717) is 0 Å². The van der Waals surface area contributed by atoms with Crippen LogP contribution in [0.5, 0.6) is 0 Å². The normalized spacial score (nSPS) is 18.9. The van der Waals surface area contributed by atoms with Gasteiger partial charge in [-0.25, -0.2) is 9.59 Å². The van der Waals surface area contributed by atoms with Crippen molar-refractivity contribution in [2.45, 2.75) is 122 Å². The molecule has 1 rings (SSSR count). The molecule has 3 atom stereocenters. The van der Waals surface area contributed by atoms with Crippen LogP contribution in [0.4, 0.5) is 0 Å². The maximum atomic E-state index is 12.1. The molecule has 0 radical (unpaired) electrons. The molecule has 2 N–H and O–H groups in total. The summed E-state index contributed by atoms with van der Waals surface area (Å²) in [4.78, 5) is 33.4. The van der Waals surface area contributed by atoms with Crippen LogP contribution in [0.3, 0.4) is 0 Å². The molecule has 0 amide bonds. The van der Waals surface area contributed by atoms with Crippen molar-refractivity contribution >= 4 is 17.9 Å². The molecule has 29 heavy (non-hydrogen) atoms. The molecule has 0 spiro atoms. The van der Waals surface area contributed by atoms with E-state index in [1.54, 1.807) is 0 Å². The fourth-order valence-electron chi connectivity index (χ4n) is 3.48. The first-order chi connectivity index (χ1) is 14.0. The summed E-state index contributed by atoms with van der Waals surface area (Å²) in [6.45, 7) is 2.15. The van der Waals surface area contributed by atoms with Crippen LogP contribution in [0.1, 0.15) is 103 Å². The van der Waals surface area contributed by atoms with Gasteiger partial charge in [0.15, 0.2) is 12.2 Å². The first kappa shape index (κ1) is 25.4. The van der Waals surface area contributed by atoms with Crippen LogP contribution in [0.25, 0.3) is 0 Å². The summed E-state index contributed by atoms with van der Waals surface area (Å²) >= 11 is 0. The summed E-state index contributed by atoms with van der Waals surface area (Å²) in [6, 6.07) is 0. The molecule has 0 aliphatic carbocycles. The van der Waals surface area contributed by atoms with E-state index in [-0.39, 0.29) is 12.5 Å². The van der Waals surface area contributed by atoms with Gasteiger partial charge in [0.05, 0.1) is 0 Å². The van der Waals surface area contributed by atoms with Gasteiger partial charge in [0.1, 0.15) is 6.10 Å². The third-order valence-corrected chi connectivity index (χ3v) is 5.30. The lowest BCUT2D eigenvalue weighted by Gasteiger charge is -2.17. The van der Waals surface area contributed by atoms with E-state index in [2.05, 4.69) is 6.92 Å². The predicted octanol–water partition coefficient (Wildman–Crippen LogP) is 4.71. The van der Waals surface area contributed by atoms with Crippen LogP contribution in [0, 0.1) is 0 Å². The van der Waals surface area contributed by atoms with Gasteiger partial charge in [-0.3, -0.25) is 4.79 Å². The van der Waals surface area contributed by atoms with E-state index in [9.17, 15) is 14.4 Å². The topological polar surface area (TPSA) is 113 Å². The molecule has 0 bridgehead atoms. The minimum absolute atomic E-state index is 0.158. The Morgan fingerprint density at radius 1 is 0.793 bits per heavy atom. The van der Waals surface area contributed by atoms with Crippen LogP contribution in [0.2, 0.25) is 0 Å². The number of esters is 1. The number of hydrogen-bond acceptors (Lipinski definition) is 5.